The van der Waals surface area contributed by atoms with Crippen molar-refractivity contribution in [2.75, 3.05) is 0 Å². The van der Waals surface area contributed by atoms with Crippen LogP contribution in [0.15, 0.2) is 97.6 Å². The van der Waals surface area contributed by atoms with Gasteiger partial charge in [-0.15, -0.1) is 0 Å². The van der Waals surface area contributed by atoms with Gasteiger partial charge in [-0.25, -0.2) is 4.98 Å². The van der Waals surface area contributed by atoms with Crippen molar-refractivity contribution < 1.29 is 0 Å². The molecule has 124 valence electrons. The maximum absolute atomic E-state index is 3.56. The molecule has 0 bridgehead atoms. The van der Waals surface area contributed by atoms with Gasteiger partial charge in [0.1, 0.15) is 12.7 Å². The van der Waals surface area contributed by atoms with Crippen molar-refractivity contribution >= 4 is 0 Å². The highest BCUT2D eigenvalue weighted by molar-refractivity contribution is 5.45. The van der Waals surface area contributed by atoms with Crippen molar-refractivity contribution in [3.63, 3.8) is 0 Å². The number of nitrogens with one attached hydrogen (secondary N) is 1. The molecule has 3 nitrogen and oxygen atoms in total. The highest BCUT2D eigenvalue weighted by Gasteiger charge is 2.17. The lowest BCUT2D eigenvalue weighted by Gasteiger charge is -2.20. The van der Waals surface area contributed by atoms with E-state index in [1.807, 2.05) is 0 Å². The van der Waals surface area contributed by atoms with E-state index in [0.29, 0.717) is 5.92 Å². The summed E-state index contributed by atoms with van der Waals surface area (Å²) >= 11 is 0. The molecule has 0 radical (unpaired) electrons. The molecule has 0 aliphatic carbocycles. The molecule has 0 saturated carbocycles. The summed E-state index contributed by atoms with van der Waals surface area (Å²) in [5.41, 5.74) is 5.40. The quantitative estimate of drug-likeness (QED) is 0.539. The fourth-order valence-electron chi connectivity index (χ4n) is 2.92. The van der Waals surface area contributed by atoms with Crippen LogP contribution in [0, 0.1) is 6.92 Å². The molecule has 1 N–H and O–H groups in total. The minimum atomic E-state index is 0.304. The second-order valence-corrected chi connectivity index (χ2v) is 5.76. The Morgan fingerprint density at radius 2 is 1.28 bits per heavy atom. The van der Waals surface area contributed by atoms with Gasteiger partial charge in [0.2, 0.25) is 0 Å². The average Bonchev–Trinajstić information content (AvgIpc) is 3.26. The van der Waals surface area contributed by atoms with Crippen LogP contribution in [0.5, 0.6) is 0 Å². The molecular weight excluding hydrogens is 306 g/mol. The Hall–Kier alpha value is -3.20. The van der Waals surface area contributed by atoms with E-state index in [1.165, 1.54) is 34.9 Å². The number of hydrogen-bond acceptors (Lipinski definition) is 2. The predicted molar refractivity (Wildman–Crippen MR) is 101 cm³/mol. The van der Waals surface area contributed by atoms with Crippen molar-refractivity contribution in [2.24, 2.45) is 0 Å². The Balaban J connectivity index is 0.000000314. The molecule has 0 amide bonds. The number of aromatic amines is 1. The van der Waals surface area contributed by atoms with E-state index in [0.717, 1.165) is 0 Å². The molecule has 0 unspecified atom stereocenters. The van der Waals surface area contributed by atoms with Crippen LogP contribution >= 0.6 is 0 Å². The van der Waals surface area contributed by atoms with Gasteiger partial charge >= 0.3 is 0 Å². The Morgan fingerprint density at radius 3 is 1.72 bits per heavy atom. The van der Waals surface area contributed by atoms with E-state index in [4.69, 9.17) is 0 Å². The zero-order chi connectivity index (χ0) is 17.3. The highest BCUT2D eigenvalue weighted by atomic mass is 15.2. The predicted octanol–water partition coefficient (Wildman–Crippen LogP) is 4.98. The van der Waals surface area contributed by atoms with Gasteiger partial charge in [0.15, 0.2) is 0 Å². The van der Waals surface area contributed by atoms with Crippen molar-refractivity contribution in [3.8, 4) is 0 Å². The molecule has 0 aliphatic heterocycles. The standard InChI is InChI=1S/C20H18.C2H3N3/c1-16-10-8-9-15-19(16)20(17-11-4-2-5-12-17)18-13-6-3-7-14-18;1-3-2-5-4-1/h2-15,20H,1H3;1-2H,(H,3,4,5). The molecule has 4 rings (SSSR count). The summed E-state index contributed by atoms with van der Waals surface area (Å²) in [6.07, 6.45) is 2.96. The molecule has 0 spiro atoms. The number of hydrogen-bond donors (Lipinski definition) is 1. The summed E-state index contributed by atoms with van der Waals surface area (Å²) < 4.78 is 0. The summed E-state index contributed by atoms with van der Waals surface area (Å²) in [4.78, 5) is 3.56. The third kappa shape index (κ3) is 4.42. The number of aryl methyl sites for hydroxylation is 1. The maximum atomic E-state index is 3.56. The monoisotopic (exact) mass is 327 g/mol. The van der Waals surface area contributed by atoms with E-state index in [-0.39, 0.29) is 0 Å². The zero-order valence-electron chi connectivity index (χ0n) is 14.2. The van der Waals surface area contributed by atoms with Gasteiger partial charge in [-0.2, -0.15) is 5.10 Å². The first-order valence-corrected chi connectivity index (χ1v) is 8.30. The average molecular weight is 327 g/mol. The lowest BCUT2D eigenvalue weighted by molar-refractivity contribution is 0.963. The molecule has 0 fully saturated rings. The molecule has 3 heteroatoms. The second kappa shape index (κ2) is 8.60. The van der Waals surface area contributed by atoms with Gasteiger partial charge in [-0.1, -0.05) is 84.9 Å². The molecular formula is C22H21N3. The topological polar surface area (TPSA) is 41.6 Å². The third-order valence-corrected chi connectivity index (χ3v) is 4.10. The lowest BCUT2D eigenvalue weighted by atomic mass is 9.83. The molecule has 0 atom stereocenters. The van der Waals surface area contributed by atoms with Gasteiger partial charge in [0, 0.05) is 5.92 Å². The molecule has 4 aromatic rings. The first-order valence-electron chi connectivity index (χ1n) is 8.30. The Bertz CT molecular complexity index is 799. The fraction of sp³-hybridized carbons (Fsp3) is 0.0909. The zero-order valence-corrected chi connectivity index (χ0v) is 14.2. The number of aromatic nitrogens is 3. The van der Waals surface area contributed by atoms with E-state index >= 15 is 0 Å². The van der Waals surface area contributed by atoms with Gasteiger partial charge < -0.3 is 0 Å². The van der Waals surface area contributed by atoms with Crippen molar-refractivity contribution in [1.82, 2.24) is 15.2 Å². The van der Waals surface area contributed by atoms with Crippen molar-refractivity contribution in [1.29, 1.82) is 0 Å². The van der Waals surface area contributed by atoms with E-state index in [2.05, 4.69) is 107 Å². The van der Waals surface area contributed by atoms with Crippen LogP contribution in [0.25, 0.3) is 0 Å². The lowest BCUT2D eigenvalue weighted by Crippen LogP contribution is -2.04. The summed E-state index contributed by atoms with van der Waals surface area (Å²) in [6, 6.07) is 30.1. The van der Waals surface area contributed by atoms with Crippen LogP contribution in [-0.2, 0) is 0 Å². The number of nitrogens with zero attached hydrogens (tertiary/aromatic N) is 2. The smallest absolute Gasteiger partial charge is 0.137 e. The third-order valence-electron chi connectivity index (χ3n) is 4.10. The van der Waals surface area contributed by atoms with Crippen LogP contribution in [0.3, 0.4) is 0 Å². The van der Waals surface area contributed by atoms with E-state index in [9.17, 15) is 0 Å². The Labute approximate surface area is 148 Å². The molecule has 1 aromatic heterocycles. The van der Waals surface area contributed by atoms with Gasteiger partial charge in [-0.3, -0.25) is 5.10 Å². The fourth-order valence-corrected chi connectivity index (χ4v) is 2.92. The summed E-state index contributed by atoms with van der Waals surface area (Å²) in [6.45, 7) is 2.19. The molecule has 1 heterocycles. The largest absolute Gasteiger partial charge is 0.266 e. The first-order chi connectivity index (χ1) is 12.4. The van der Waals surface area contributed by atoms with Gasteiger partial charge in [-0.05, 0) is 29.2 Å². The SMILES string of the molecule is Cc1ccccc1C(c1ccccc1)c1ccccc1.c1nc[nH]n1. The molecule has 25 heavy (non-hydrogen) atoms. The molecule has 0 aliphatic rings. The first kappa shape index (κ1) is 16.7. The maximum Gasteiger partial charge on any atom is 0.137 e. The summed E-state index contributed by atoms with van der Waals surface area (Å²) in [5.74, 6) is 0.304. The number of H-pyrrole nitrogens is 1. The number of benzene rings is 3. The van der Waals surface area contributed by atoms with E-state index < -0.39 is 0 Å². The highest BCUT2D eigenvalue weighted by Crippen LogP contribution is 2.33. The van der Waals surface area contributed by atoms with E-state index in [1.54, 1.807) is 0 Å². The van der Waals surface area contributed by atoms with Gasteiger partial charge in [0.05, 0.1) is 0 Å². The summed E-state index contributed by atoms with van der Waals surface area (Å²) in [5, 5.41) is 5.99. The Morgan fingerprint density at radius 1 is 0.720 bits per heavy atom. The van der Waals surface area contributed by atoms with Crippen LogP contribution in [0.2, 0.25) is 0 Å². The normalized spacial score (nSPS) is 10.2. The van der Waals surface area contributed by atoms with Crippen LogP contribution in [0.1, 0.15) is 28.2 Å². The van der Waals surface area contributed by atoms with Crippen LogP contribution < -0.4 is 0 Å². The number of rotatable bonds is 3. The minimum absolute atomic E-state index is 0.304. The molecule has 3 aromatic carbocycles. The van der Waals surface area contributed by atoms with Crippen molar-refractivity contribution in [3.05, 3.63) is 120 Å². The van der Waals surface area contributed by atoms with Crippen molar-refractivity contribution in [2.45, 2.75) is 12.8 Å². The van der Waals surface area contributed by atoms with Gasteiger partial charge in [0.25, 0.3) is 0 Å². The Kier molecular flexibility index (Phi) is 5.73. The second-order valence-electron chi connectivity index (χ2n) is 5.76. The summed E-state index contributed by atoms with van der Waals surface area (Å²) in [7, 11) is 0. The molecule has 0 saturated heterocycles. The minimum Gasteiger partial charge on any atom is -0.266 e. The van der Waals surface area contributed by atoms with Crippen LogP contribution in [0.4, 0.5) is 0 Å². The van der Waals surface area contributed by atoms with Crippen LogP contribution in [-0.4, -0.2) is 15.2 Å².